The fraction of sp³-hybridized carbons (Fsp3) is 0.333. The van der Waals surface area contributed by atoms with Gasteiger partial charge in [0.05, 0.1) is 36.3 Å². The van der Waals surface area contributed by atoms with Crippen LogP contribution in [-0.4, -0.2) is 31.3 Å². The van der Waals surface area contributed by atoms with Crippen LogP contribution in [-0.2, 0) is 14.9 Å². The van der Waals surface area contributed by atoms with Crippen LogP contribution in [0.15, 0.2) is 24.3 Å². The van der Waals surface area contributed by atoms with E-state index in [0.29, 0.717) is 23.8 Å². The van der Waals surface area contributed by atoms with E-state index < -0.39 is 0 Å². The third-order valence-electron chi connectivity index (χ3n) is 3.03. The van der Waals surface area contributed by atoms with Crippen molar-refractivity contribution in [3.63, 3.8) is 0 Å². The number of nitrogens with two attached hydrogens (primary N) is 1. The predicted molar refractivity (Wildman–Crippen MR) is 67.1 cm³/mol. The van der Waals surface area contributed by atoms with Crippen molar-refractivity contribution in [2.75, 3.05) is 20.3 Å². The molecule has 0 saturated carbocycles. The number of thiocarbonyl (C=S) groups is 1. The molecule has 0 spiro atoms. The van der Waals surface area contributed by atoms with Crippen LogP contribution in [0.5, 0.6) is 0 Å². The first-order valence-corrected chi connectivity index (χ1v) is 5.57. The minimum atomic E-state index is -0.371. The summed E-state index contributed by atoms with van der Waals surface area (Å²) in [7, 11) is 1.35. The van der Waals surface area contributed by atoms with Gasteiger partial charge in [0.2, 0.25) is 0 Å². The van der Waals surface area contributed by atoms with Crippen LogP contribution in [0, 0.1) is 0 Å². The number of benzene rings is 1. The van der Waals surface area contributed by atoms with Gasteiger partial charge in [0.1, 0.15) is 0 Å². The summed E-state index contributed by atoms with van der Waals surface area (Å²) in [5.41, 5.74) is 6.86. The monoisotopic (exact) mass is 251 g/mol. The van der Waals surface area contributed by atoms with E-state index in [1.807, 2.05) is 12.1 Å². The standard InChI is InChI=1S/C12H13NO3S/c1-15-10(14)8-2-4-9(5-3-8)12(11(13)17)6-16-7-12/h2-5H,6-7H2,1H3,(H2,13,17). The van der Waals surface area contributed by atoms with Gasteiger partial charge in [-0.3, -0.25) is 0 Å². The van der Waals surface area contributed by atoms with E-state index in [4.69, 9.17) is 22.7 Å². The van der Waals surface area contributed by atoms with E-state index in [1.165, 1.54) is 7.11 Å². The number of rotatable bonds is 3. The molecule has 1 saturated heterocycles. The van der Waals surface area contributed by atoms with Gasteiger partial charge in [-0.15, -0.1) is 0 Å². The Bertz CT molecular complexity index is 451. The maximum Gasteiger partial charge on any atom is 0.337 e. The molecule has 1 aromatic carbocycles. The highest BCUT2D eigenvalue weighted by Crippen LogP contribution is 2.32. The first kappa shape index (κ1) is 12.0. The molecule has 0 aliphatic carbocycles. The Kier molecular flexibility index (Phi) is 3.13. The summed E-state index contributed by atoms with van der Waals surface area (Å²) in [6, 6.07) is 7.10. The molecule has 1 fully saturated rings. The number of hydrogen-bond acceptors (Lipinski definition) is 4. The molecular weight excluding hydrogens is 238 g/mol. The van der Waals surface area contributed by atoms with Crippen LogP contribution >= 0.6 is 12.2 Å². The number of carbonyl (C=O) groups is 1. The van der Waals surface area contributed by atoms with Gasteiger partial charge >= 0.3 is 5.97 Å². The average molecular weight is 251 g/mol. The van der Waals surface area contributed by atoms with Crippen LogP contribution in [0.2, 0.25) is 0 Å². The average Bonchev–Trinajstić information content (AvgIpc) is 2.27. The van der Waals surface area contributed by atoms with Crippen molar-refractivity contribution in [3.05, 3.63) is 35.4 Å². The quantitative estimate of drug-likeness (QED) is 0.642. The van der Waals surface area contributed by atoms with E-state index in [9.17, 15) is 4.79 Å². The molecule has 2 rings (SSSR count). The van der Waals surface area contributed by atoms with Crippen LogP contribution in [0.3, 0.4) is 0 Å². The topological polar surface area (TPSA) is 61.5 Å². The van der Waals surface area contributed by atoms with Crippen LogP contribution < -0.4 is 5.73 Å². The second-order valence-corrected chi connectivity index (χ2v) is 4.45. The van der Waals surface area contributed by atoms with Crippen molar-refractivity contribution in [1.29, 1.82) is 0 Å². The molecule has 4 nitrogen and oxygen atoms in total. The van der Waals surface area contributed by atoms with Crippen molar-refractivity contribution in [2.24, 2.45) is 5.73 Å². The lowest BCUT2D eigenvalue weighted by atomic mass is 9.78. The number of hydrogen-bond donors (Lipinski definition) is 1. The maximum absolute atomic E-state index is 11.3. The zero-order valence-electron chi connectivity index (χ0n) is 9.43. The molecule has 0 amide bonds. The molecule has 2 N–H and O–H groups in total. The normalized spacial score (nSPS) is 17.0. The fourth-order valence-electron chi connectivity index (χ4n) is 1.80. The summed E-state index contributed by atoms with van der Waals surface area (Å²) < 4.78 is 9.83. The van der Waals surface area contributed by atoms with E-state index in [-0.39, 0.29) is 11.4 Å². The molecular formula is C12H13NO3S. The summed E-state index contributed by atoms with van der Waals surface area (Å²) >= 11 is 5.08. The van der Waals surface area contributed by atoms with Gasteiger partial charge in [0.25, 0.3) is 0 Å². The minimum absolute atomic E-state index is 0.356. The van der Waals surface area contributed by atoms with Crippen molar-refractivity contribution in [1.82, 2.24) is 0 Å². The number of esters is 1. The van der Waals surface area contributed by atoms with Crippen LogP contribution in [0.25, 0.3) is 0 Å². The lowest BCUT2D eigenvalue weighted by Crippen LogP contribution is -2.55. The van der Waals surface area contributed by atoms with Gasteiger partial charge < -0.3 is 15.2 Å². The largest absolute Gasteiger partial charge is 0.465 e. The highest BCUT2D eigenvalue weighted by Gasteiger charge is 2.43. The summed E-state index contributed by atoms with van der Waals surface area (Å²) in [4.78, 5) is 11.7. The zero-order chi connectivity index (χ0) is 12.5. The Morgan fingerprint density at radius 3 is 2.35 bits per heavy atom. The lowest BCUT2D eigenvalue weighted by molar-refractivity contribution is -0.0225. The fourth-order valence-corrected chi connectivity index (χ4v) is 2.04. The molecule has 1 aliphatic rings. The molecule has 1 aromatic rings. The van der Waals surface area contributed by atoms with Crippen molar-refractivity contribution in [3.8, 4) is 0 Å². The molecule has 1 aliphatic heterocycles. The van der Waals surface area contributed by atoms with E-state index in [2.05, 4.69) is 4.74 Å². The van der Waals surface area contributed by atoms with E-state index in [0.717, 1.165) is 5.56 Å². The highest BCUT2D eigenvalue weighted by atomic mass is 32.1. The molecule has 5 heteroatoms. The van der Waals surface area contributed by atoms with Crippen LogP contribution in [0.1, 0.15) is 15.9 Å². The van der Waals surface area contributed by atoms with Gasteiger partial charge in [0, 0.05) is 0 Å². The van der Waals surface area contributed by atoms with Gasteiger partial charge in [-0.2, -0.15) is 0 Å². The molecule has 0 atom stereocenters. The van der Waals surface area contributed by atoms with Crippen LogP contribution in [0.4, 0.5) is 0 Å². The number of carbonyl (C=O) groups excluding carboxylic acids is 1. The maximum atomic E-state index is 11.3. The molecule has 90 valence electrons. The summed E-state index contributed by atoms with van der Waals surface area (Å²) in [5.74, 6) is -0.356. The van der Waals surface area contributed by atoms with Crippen molar-refractivity contribution < 1.29 is 14.3 Å². The van der Waals surface area contributed by atoms with Crippen molar-refractivity contribution in [2.45, 2.75) is 5.41 Å². The molecule has 0 unspecified atom stereocenters. The van der Waals surface area contributed by atoms with Crippen molar-refractivity contribution >= 4 is 23.2 Å². The highest BCUT2D eigenvalue weighted by molar-refractivity contribution is 7.80. The lowest BCUT2D eigenvalue weighted by Gasteiger charge is -2.40. The Morgan fingerprint density at radius 2 is 2.00 bits per heavy atom. The minimum Gasteiger partial charge on any atom is -0.465 e. The molecule has 0 aromatic heterocycles. The Labute approximate surface area is 105 Å². The Hall–Kier alpha value is -1.46. The Balaban J connectivity index is 2.29. The second kappa shape index (κ2) is 4.43. The SMILES string of the molecule is COC(=O)c1ccc(C2(C(N)=S)COC2)cc1. The molecule has 1 heterocycles. The van der Waals surface area contributed by atoms with Gasteiger partial charge in [-0.05, 0) is 17.7 Å². The Morgan fingerprint density at radius 1 is 1.41 bits per heavy atom. The summed E-state index contributed by atoms with van der Waals surface area (Å²) in [6.07, 6.45) is 0. The molecule has 17 heavy (non-hydrogen) atoms. The summed E-state index contributed by atoms with van der Waals surface area (Å²) in [5, 5.41) is 0. The first-order chi connectivity index (χ1) is 8.10. The predicted octanol–water partition coefficient (Wildman–Crippen LogP) is 1.03. The van der Waals surface area contributed by atoms with E-state index >= 15 is 0 Å². The van der Waals surface area contributed by atoms with Gasteiger partial charge in [-0.25, -0.2) is 4.79 Å². The second-order valence-electron chi connectivity index (χ2n) is 4.01. The van der Waals surface area contributed by atoms with E-state index in [1.54, 1.807) is 12.1 Å². The van der Waals surface area contributed by atoms with Gasteiger partial charge in [-0.1, -0.05) is 24.4 Å². The molecule has 0 bridgehead atoms. The smallest absolute Gasteiger partial charge is 0.337 e. The third kappa shape index (κ3) is 1.92. The number of ether oxygens (including phenoxy) is 2. The molecule has 0 radical (unpaired) electrons. The number of methoxy groups -OCH3 is 1. The van der Waals surface area contributed by atoms with Gasteiger partial charge in [0.15, 0.2) is 0 Å². The third-order valence-corrected chi connectivity index (χ3v) is 3.42. The summed E-state index contributed by atoms with van der Waals surface area (Å²) in [6.45, 7) is 1.000. The zero-order valence-corrected chi connectivity index (χ0v) is 10.3. The first-order valence-electron chi connectivity index (χ1n) is 5.17.